The van der Waals surface area contributed by atoms with Crippen LogP contribution in [0, 0.1) is 0 Å². The van der Waals surface area contributed by atoms with Crippen LogP contribution in [0.1, 0.15) is 24.8 Å². The molecule has 1 saturated heterocycles. The van der Waals surface area contributed by atoms with Gasteiger partial charge in [0.1, 0.15) is 6.10 Å². The Kier molecular flexibility index (Phi) is 2.53. The first-order valence-electron chi connectivity index (χ1n) is 5.64. The number of anilines is 1. The average molecular weight is 231 g/mol. The number of hydrogen-bond donors (Lipinski definition) is 1. The summed E-state index contributed by atoms with van der Waals surface area (Å²) in [6.45, 7) is 0.768. The van der Waals surface area contributed by atoms with Crippen molar-refractivity contribution in [3.05, 3.63) is 30.2 Å². The monoisotopic (exact) mass is 231 g/mol. The highest BCUT2D eigenvalue weighted by Gasteiger charge is 2.23. The molecule has 0 bridgehead atoms. The number of aromatic nitrogens is 2. The lowest BCUT2D eigenvalue weighted by atomic mass is 10.2. The quantitative estimate of drug-likeness (QED) is 0.802. The highest BCUT2D eigenvalue weighted by Crippen LogP contribution is 2.29. The molecule has 0 spiro atoms. The van der Waals surface area contributed by atoms with Crippen molar-refractivity contribution in [2.75, 3.05) is 12.3 Å². The third kappa shape index (κ3) is 2.01. The number of ether oxygens (including phenoxy) is 1. The molecule has 1 aliphatic heterocycles. The largest absolute Gasteiger partial charge is 0.418 e. The maximum absolute atomic E-state index is 5.62. The number of nitrogen functional groups attached to an aromatic ring is 1. The van der Waals surface area contributed by atoms with Crippen LogP contribution in [0.2, 0.25) is 0 Å². The lowest BCUT2D eigenvalue weighted by molar-refractivity contribution is 0.0896. The molecular weight excluding hydrogens is 218 g/mol. The summed E-state index contributed by atoms with van der Waals surface area (Å²) in [6.07, 6.45) is 1.96. The normalized spacial score (nSPS) is 19.6. The molecule has 0 amide bonds. The molecule has 0 unspecified atom stereocenters. The molecule has 3 rings (SSSR count). The summed E-state index contributed by atoms with van der Waals surface area (Å²) in [5.74, 6) is 1.07. The Morgan fingerprint density at radius 2 is 2.00 bits per heavy atom. The topological polar surface area (TPSA) is 74.2 Å². The van der Waals surface area contributed by atoms with Crippen molar-refractivity contribution in [2.45, 2.75) is 18.9 Å². The summed E-state index contributed by atoms with van der Waals surface area (Å²) in [6, 6.07) is 7.35. The minimum Gasteiger partial charge on any atom is -0.418 e. The molecule has 0 saturated carbocycles. The summed E-state index contributed by atoms with van der Waals surface area (Å²) in [5, 5.41) is 8.05. The first-order valence-corrected chi connectivity index (χ1v) is 5.64. The van der Waals surface area contributed by atoms with Crippen LogP contribution in [0.4, 0.5) is 5.69 Å². The summed E-state index contributed by atoms with van der Waals surface area (Å²) in [5.41, 5.74) is 7.21. The van der Waals surface area contributed by atoms with E-state index < -0.39 is 0 Å². The van der Waals surface area contributed by atoms with E-state index in [4.69, 9.17) is 14.9 Å². The van der Waals surface area contributed by atoms with E-state index >= 15 is 0 Å². The standard InChI is InChI=1S/C12H13N3O2/c13-9-5-3-8(4-6-9)11-14-15-12(17-11)10-2-1-7-16-10/h3-6,10H,1-2,7,13H2/t10-/m1/s1. The van der Waals surface area contributed by atoms with Gasteiger partial charge in [0.25, 0.3) is 0 Å². The van der Waals surface area contributed by atoms with Gasteiger partial charge < -0.3 is 14.9 Å². The second-order valence-electron chi connectivity index (χ2n) is 4.07. The fraction of sp³-hybridized carbons (Fsp3) is 0.333. The Bertz CT molecular complexity index is 501. The number of nitrogens with two attached hydrogens (primary N) is 1. The molecule has 5 nitrogen and oxygen atoms in total. The highest BCUT2D eigenvalue weighted by atomic mass is 16.5. The first-order chi connectivity index (χ1) is 8.33. The maximum Gasteiger partial charge on any atom is 0.247 e. The summed E-state index contributed by atoms with van der Waals surface area (Å²) in [7, 11) is 0. The van der Waals surface area contributed by atoms with Crippen molar-refractivity contribution in [3.8, 4) is 11.5 Å². The molecule has 0 aliphatic carbocycles. The van der Waals surface area contributed by atoms with E-state index in [0.29, 0.717) is 17.5 Å². The Morgan fingerprint density at radius 3 is 2.71 bits per heavy atom. The molecule has 1 aromatic carbocycles. The fourth-order valence-corrected chi connectivity index (χ4v) is 1.88. The van der Waals surface area contributed by atoms with Gasteiger partial charge in [0.2, 0.25) is 11.8 Å². The van der Waals surface area contributed by atoms with Crippen LogP contribution in [0.25, 0.3) is 11.5 Å². The lowest BCUT2D eigenvalue weighted by Gasteiger charge is -2.01. The molecule has 2 aromatic rings. The maximum atomic E-state index is 5.62. The van der Waals surface area contributed by atoms with Gasteiger partial charge in [0, 0.05) is 17.9 Å². The summed E-state index contributed by atoms with van der Waals surface area (Å²) < 4.78 is 11.1. The zero-order valence-electron chi connectivity index (χ0n) is 9.30. The van der Waals surface area contributed by atoms with Crippen molar-refractivity contribution in [1.29, 1.82) is 0 Å². The van der Waals surface area contributed by atoms with Crippen LogP contribution >= 0.6 is 0 Å². The van der Waals surface area contributed by atoms with Gasteiger partial charge in [0.05, 0.1) is 0 Å². The van der Waals surface area contributed by atoms with Crippen LogP contribution in [0.5, 0.6) is 0 Å². The summed E-state index contributed by atoms with van der Waals surface area (Å²) in [4.78, 5) is 0. The van der Waals surface area contributed by atoms with E-state index in [1.54, 1.807) is 0 Å². The predicted molar refractivity (Wildman–Crippen MR) is 62.1 cm³/mol. The second-order valence-corrected chi connectivity index (χ2v) is 4.07. The molecule has 2 N–H and O–H groups in total. The smallest absolute Gasteiger partial charge is 0.247 e. The highest BCUT2D eigenvalue weighted by molar-refractivity contribution is 5.56. The number of hydrogen-bond acceptors (Lipinski definition) is 5. The van der Waals surface area contributed by atoms with E-state index in [1.165, 1.54) is 0 Å². The molecule has 1 fully saturated rings. The minimum absolute atomic E-state index is 0.0370. The van der Waals surface area contributed by atoms with Crippen molar-refractivity contribution in [1.82, 2.24) is 10.2 Å². The third-order valence-electron chi connectivity index (χ3n) is 2.80. The van der Waals surface area contributed by atoms with E-state index in [-0.39, 0.29) is 6.10 Å². The molecule has 0 radical (unpaired) electrons. The van der Waals surface area contributed by atoms with E-state index in [2.05, 4.69) is 10.2 Å². The van der Waals surface area contributed by atoms with E-state index in [1.807, 2.05) is 24.3 Å². The fourth-order valence-electron chi connectivity index (χ4n) is 1.88. The predicted octanol–water partition coefficient (Wildman–Crippen LogP) is 2.17. The molecule has 88 valence electrons. The molecule has 17 heavy (non-hydrogen) atoms. The minimum atomic E-state index is -0.0370. The van der Waals surface area contributed by atoms with Crippen LogP contribution in [-0.4, -0.2) is 16.8 Å². The Morgan fingerprint density at radius 1 is 1.18 bits per heavy atom. The molecule has 1 aromatic heterocycles. The van der Waals surface area contributed by atoms with Crippen LogP contribution in [0.15, 0.2) is 28.7 Å². The second kappa shape index (κ2) is 4.18. The van der Waals surface area contributed by atoms with Gasteiger partial charge >= 0.3 is 0 Å². The van der Waals surface area contributed by atoms with Crippen molar-refractivity contribution in [2.24, 2.45) is 0 Å². The summed E-state index contributed by atoms with van der Waals surface area (Å²) >= 11 is 0. The van der Waals surface area contributed by atoms with Crippen LogP contribution in [0.3, 0.4) is 0 Å². The molecule has 1 aliphatic rings. The van der Waals surface area contributed by atoms with E-state index in [9.17, 15) is 0 Å². The average Bonchev–Trinajstić information content (AvgIpc) is 3.00. The van der Waals surface area contributed by atoms with E-state index in [0.717, 1.165) is 25.0 Å². The lowest BCUT2D eigenvalue weighted by Crippen LogP contribution is -1.95. The van der Waals surface area contributed by atoms with Gasteiger partial charge in [0.15, 0.2) is 0 Å². The van der Waals surface area contributed by atoms with Gasteiger partial charge in [-0.25, -0.2) is 0 Å². The van der Waals surface area contributed by atoms with Gasteiger partial charge in [-0.1, -0.05) is 0 Å². The molecule has 5 heteroatoms. The zero-order valence-corrected chi connectivity index (χ0v) is 9.30. The van der Waals surface area contributed by atoms with Gasteiger partial charge in [-0.2, -0.15) is 0 Å². The van der Waals surface area contributed by atoms with Crippen LogP contribution < -0.4 is 5.73 Å². The first kappa shape index (κ1) is 10.3. The number of nitrogens with zero attached hydrogens (tertiary/aromatic N) is 2. The molecular formula is C12H13N3O2. The number of rotatable bonds is 2. The van der Waals surface area contributed by atoms with Crippen molar-refractivity contribution >= 4 is 5.69 Å². The van der Waals surface area contributed by atoms with Crippen molar-refractivity contribution in [3.63, 3.8) is 0 Å². The van der Waals surface area contributed by atoms with Gasteiger partial charge in [-0.05, 0) is 37.1 Å². The van der Waals surface area contributed by atoms with Gasteiger partial charge in [-0.3, -0.25) is 0 Å². The Labute approximate surface area is 98.6 Å². The molecule has 2 heterocycles. The SMILES string of the molecule is Nc1ccc(-c2nnc([C@H]3CCCO3)o2)cc1. The molecule has 1 atom stereocenters. The number of benzene rings is 1. The van der Waals surface area contributed by atoms with Gasteiger partial charge in [-0.15, -0.1) is 10.2 Å². The third-order valence-corrected chi connectivity index (χ3v) is 2.80. The Balaban J connectivity index is 1.86. The zero-order chi connectivity index (χ0) is 11.7. The van der Waals surface area contributed by atoms with Crippen molar-refractivity contribution < 1.29 is 9.15 Å². The van der Waals surface area contributed by atoms with Crippen LogP contribution in [-0.2, 0) is 4.74 Å². The Hall–Kier alpha value is -1.88.